The van der Waals surface area contributed by atoms with Crippen LogP contribution in [0.15, 0.2) is 18.2 Å². The van der Waals surface area contributed by atoms with Gasteiger partial charge in [0.25, 0.3) is 0 Å². The minimum atomic E-state index is -4.34. The Balaban J connectivity index is 0.00000180. The average molecular weight is 315 g/mol. The van der Waals surface area contributed by atoms with E-state index in [9.17, 15) is 13.2 Å². The number of rotatable bonds is 1. The van der Waals surface area contributed by atoms with Gasteiger partial charge in [-0.1, -0.05) is 11.6 Å². The number of halogens is 5. The molecule has 1 aromatic rings. The van der Waals surface area contributed by atoms with E-state index in [2.05, 4.69) is 5.32 Å². The largest absolute Gasteiger partial charge is 0.416 e. The van der Waals surface area contributed by atoms with Gasteiger partial charge < -0.3 is 10.2 Å². The van der Waals surface area contributed by atoms with E-state index in [-0.39, 0.29) is 18.4 Å². The van der Waals surface area contributed by atoms with E-state index in [1.165, 1.54) is 6.07 Å². The number of hydrogen-bond acceptors (Lipinski definition) is 2. The van der Waals surface area contributed by atoms with Crippen LogP contribution in [-0.4, -0.2) is 25.7 Å². The molecule has 0 spiro atoms. The lowest BCUT2D eigenvalue weighted by atomic mass is 10.1. The Hall–Kier alpha value is -0.650. The maximum Gasteiger partial charge on any atom is 0.416 e. The summed E-state index contributed by atoms with van der Waals surface area (Å²) in [7, 11) is 0. The maximum atomic E-state index is 12.7. The number of benzene rings is 1. The van der Waals surface area contributed by atoms with Crippen molar-refractivity contribution in [3.8, 4) is 0 Å². The molecular weight excluding hydrogens is 300 g/mol. The minimum absolute atomic E-state index is 0. The van der Waals surface area contributed by atoms with Crippen molar-refractivity contribution in [3.63, 3.8) is 0 Å². The number of piperazine rings is 1. The summed E-state index contributed by atoms with van der Waals surface area (Å²) in [5.41, 5.74) is -0.201. The van der Waals surface area contributed by atoms with Crippen LogP contribution in [0, 0.1) is 0 Å². The Morgan fingerprint density at radius 1 is 1.37 bits per heavy atom. The minimum Gasteiger partial charge on any atom is -0.365 e. The Kier molecular flexibility index (Phi) is 5.35. The summed E-state index contributed by atoms with van der Waals surface area (Å²) < 4.78 is 38.1. The van der Waals surface area contributed by atoms with Gasteiger partial charge in [0.2, 0.25) is 0 Å². The molecule has 1 heterocycles. The fourth-order valence-electron chi connectivity index (χ4n) is 2.11. The summed E-state index contributed by atoms with van der Waals surface area (Å²) in [5, 5.41) is 3.55. The molecule has 1 saturated heterocycles. The van der Waals surface area contributed by atoms with Crippen LogP contribution in [0.5, 0.6) is 0 Å². The number of hydrogen-bond donors (Lipinski definition) is 1. The zero-order valence-electron chi connectivity index (χ0n) is 10.3. The lowest BCUT2D eigenvalue weighted by Crippen LogP contribution is -2.50. The molecule has 0 unspecified atom stereocenters. The van der Waals surface area contributed by atoms with Crippen molar-refractivity contribution in [3.05, 3.63) is 28.8 Å². The van der Waals surface area contributed by atoms with Crippen molar-refractivity contribution in [1.82, 2.24) is 5.32 Å². The molecule has 0 amide bonds. The first-order valence-corrected chi connectivity index (χ1v) is 6.11. The van der Waals surface area contributed by atoms with E-state index in [0.29, 0.717) is 17.3 Å². The molecule has 1 aliphatic heterocycles. The van der Waals surface area contributed by atoms with E-state index in [0.717, 1.165) is 25.2 Å². The number of anilines is 1. The Bertz CT molecular complexity index is 437. The molecule has 1 N–H and O–H groups in total. The molecule has 0 aliphatic carbocycles. The van der Waals surface area contributed by atoms with Crippen molar-refractivity contribution >= 4 is 29.7 Å². The van der Waals surface area contributed by atoms with Crippen LogP contribution in [0.3, 0.4) is 0 Å². The van der Waals surface area contributed by atoms with Gasteiger partial charge in [-0.25, -0.2) is 0 Å². The van der Waals surface area contributed by atoms with E-state index in [1.807, 2.05) is 11.8 Å². The second-order valence-electron chi connectivity index (χ2n) is 4.41. The molecule has 1 fully saturated rings. The fourth-order valence-corrected chi connectivity index (χ4v) is 2.33. The van der Waals surface area contributed by atoms with E-state index >= 15 is 0 Å². The smallest absolute Gasteiger partial charge is 0.365 e. The van der Waals surface area contributed by atoms with Crippen molar-refractivity contribution < 1.29 is 13.2 Å². The third-order valence-corrected chi connectivity index (χ3v) is 3.40. The van der Waals surface area contributed by atoms with Gasteiger partial charge in [-0.3, -0.25) is 0 Å². The zero-order chi connectivity index (χ0) is 13.3. The zero-order valence-corrected chi connectivity index (χ0v) is 11.9. The molecule has 1 atom stereocenters. The molecule has 0 saturated carbocycles. The van der Waals surface area contributed by atoms with Crippen LogP contribution in [-0.2, 0) is 6.18 Å². The van der Waals surface area contributed by atoms with Crippen LogP contribution < -0.4 is 10.2 Å². The van der Waals surface area contributed by atoms with Crippen molar-refractivity contribution in [2.24, 2.45) is 0 Å². The summed E-state index contributed by atoms with van der Waals surface area (Å²) in [5.74, 6) is 0. The van der Waals surface area contributed by atoms with Gasteiger partial charge >= 0.3 is 6.18 Å². The van der Waals surface area contributed by atoms with Crippen LogP contribution in [0.25, 0.3) is 0 Å². The fraction of sp³-hybridized carbons (Fsp3) is 0.500. The molecule has 2 rings (SSSR count). The van der Waals surface area contributed by atoms with Crippen molar-refractivity contribution in [1.29, 1.82) is 0 Å². The Morgan fingerprint density at radius 3 is 2.63 bits per heavy atom. The summed E-state index contributed by atoms with van der Waals surface area (Å²) in [6, 6.07) is 3.58. The first kappa shape index (κ1) is 16.4. The Labute approximate surface area is 121 Å². The molecule has 0 bridgehead atoms. The van der Waals surface area contributed by atoms with Crippen LogP contribution in [0.2, 0.25) is 5.02 Å². The monoisotopic (exact) mass is 314 g/mol. The van der Waals surface area contributed by atoms with Gasteiger partial charge in [-0.05, 0) is 25.1 Å². The molecule has 108 valence electrons. The highest BCUT2D eigenvalue weighted by atomic mass is 35.5. The summed E-state index contributed by atoms with van der Waals surface area (Å²) in [6.07, 6.45) is -4.34. The van der Waals surface area contributed by atoms with Crippen LogP contribution in [0.1, 0.15) is 12.5 Å². The Morgan fingerprint density at radius 2 is 2.05 bits per heavy atom. The molecule has 7 heteroatoms. The second kappa shape index (κ2) is 6.20. The molecule has 1 aromatic carbocycles. The van der Waals surface area contributed by atoms with Gasteiger partial charge in [0, 0.05) is 25.7 Å². The van der Waals surface area contributed by atoms with E-state index in [1.54, 1.807) is 0 Å². The van der Waals surface area contributed by atoms with Gasteiger partial charge in [0.05, 0.1) is 16.3 Å². The van der Waals surface area contributed by atoms with Gasteiger partial charge in [-0.15, -0.1) is 12.4 Å². The quantitative estimate of drug-likeness (QED) is 0.852. The molecular formula is C12H15Cl2F3N2. The molecule has 19 heavy (non-hydrogen) atoms. The lowest BCUT2D eigenvalue weighted by Gasteiger charge is -2.36. The predicted octanol–water partition coefficient (Wildman–Crippen LogP) is 3.58. The summed E-state index contributed by atoms with van der Waals surface area (Å²) in [4.78, 5) is 1.91. The predicted molar refractivity (Wildman–Crippen MR) is 73.4 cm³/mol. The normalized spacial score (nSPS) is 20.1. The van der Waals surface area contributed by atoms with Crippen LogP contribution in [0.4, 0.5) is 18.9 Å². The SMILES string of the molecule is C[C@H]1CNCCN1c1cc(C(F)(F)F)ccc1Cl.Cl. The summed E-state index contributed by atoms with van der Waals surface area (Å²) >= 11 is 6.02. The number of alkyl halides is 3. The number of nitrogens with zero attached hydrogens (tertiary/aromatic N) is 1. The second-order valence-corrected chi connectivity index (χ2v) is 4.82. The van der Waals surface area contributed by atoms with Gasteiger partial charge in [-0.2, -0.15) is 13.2 Å². The molecule has 1 aliphatic rings. The third kappa shape index (κ3) is 3.68. The summed E-state index contributed by atoms with van der Waals surface area (Å²) in [6.45, 7) is 4.11. The van der Waals surface area contributed by atoms with E-state index < -0.39 is 11.7 Å². The highest BCUT2D eigenvalue weighted by molar-refractivity contribution is 6.33. The first-order valence-electron chi connectivity index (χ1n) is 5.73. The highest BCUT2D eigenvalue weighted by Crippen LogP contribution is 2.36. The van der Waals surface area contributed by atoms with E-state index in [4.69, 9.17) is 11.6 Å². The van der Waals surface area contributed by atoms with Crippen molar-refractivity contribution in [2.45, 2.75) is 19.1 Å². The average Bonchev–Trinajstić information content (AvgIpc) is 2.29. The highest BCUT2D eigenvalue weighted by Gasteiger charge is 2.32. The molecule has 0 radical (unpaired) electrons. The maximum absolute atomic E-state index is 12.7. The first-order chi connectivity index (χ1) is 8.39. The lowest BCUT2D eigenvalue weighted by molar-refractivity contribution is -0.137. The van der Waals surface area contributed by atoms with Gasteiger partial charge in [0.15, 0.2) is 0 Å². The standard InChI is InChI=1S/C12H14ClF3N2.ClH/c1-8-7-17-4-5-18(8)11-6-9(12(14,15)16)2-3-10(11)13;/h2-3,6,8,17H,4-5,7H2,1H3;1H/t8-;/m0./s1. The van der Waals surface area contributed by atoms with Gasteiger partial charge in [0.1, 0.15) is 0 Å². The molecule has 0 aromatic heterocycles. The topological polar surface area (TPSA) is 15.3 Å². The number of nitrogens with one attached hydrogen (secondary N) is 1. The van der Waals surface area contributed by atoms with Crippen molar-refractivity contribution in [2.75, 3.05) is 24.5 Å². The third-order valence-electron chi connectivity index (χ3n) is 3.08. The molecule has 2 nitrogen and oxygen atoms in total. The van der Waals surface area contributed by atoms with Crippen LogP contribution >= 0.6 is 24.0 Å².